The summed E-state index contributed by atoms with van der Waals surface area (Å²) in [6.07, 6.45) is -3.04. The number of hydrogen-bond acceptors (Lipinski definition) is 4. The molecule has 7 nitrogen and oxygen atoms in total. The summed E-state index contributed by atoms with van der Waals surface area (Å²) in [5, 5.41) is 4.33. The minimum absolute atomic E-state index is 0.0895. The Balaban J connectivity index is 1.51. The molecular weight excluding hydrogens is 449 g/mol. The van der Waals surface area contributed by atoms with E-state index in [0.717, 1.165) is 12.1 Å². The molecular formula is C21H14ClF3N4O3. The molecule has 0 unspecified atom stereocenters. The van der Waals surface area contributed by atoms with Crippen LogP contribution in [0.15, 0.2) is 70.0 Å². The lowest BCUT2D eigenvalue weighted by atomic mass is 10.2. The molecule has 2 aromatic carbocycles. The quantitative estimate of drug-likeness (QED) is 0.427. The minimum Gasteiger partial charge on any atom is -0.408 e. The first-order valence-electron chi connectivity index (χ1n) is 9.19. The van der Waals surface area contributed by atoms with E-state index >= 15 is 0 Å². The number of fused-ring (bicyclic) bond motifs is 1. The van der Waals surface area contributed by atoms with Crippen LogP contribution in [0.1, 0.15) is 11.3 Å². The number of nitrogens with zero attached hydrogens (tertiary/aromatic N) is 2. The third-order valence-electron chi connectivity index (χ3n) is 4.50. The molecule has 32 heavy (non-hydrogen) atoms. The van der Waals surface area contributed by atoms with E-state index in [9.17, 15) is 22.8 Å². The lowest BCUT2D eigenvalue weighted by Crippen LogP contribution is -2.20. The van der Waals surface area contributed by atoms with Gasteiger partial charge >= 0.3 is 18.0 Å². The zero-order valence-corrected chi connectivity index (χ0v) is 16.9. The zero-order chi connectivity index (χ0) is 22.9. The van der Waals surface area contributed by atoms with Crippen molar-refractivity contribution in [2.75, 3.05) is 10.6 Å². The van der Waals surface area contributed by atoms with Crippen LogP contribution in [0.4, 0.5) is 29.3 Å². The van der Waals surface area contributed by atoms with Gasteiger partial charge in [0.05, 0.1) is 28.3 Å². The number of halogens is 4. The second-order valence-corrected chi connectivity index (χ2v) is 7.14. The van der Waals surface area contributed by atoms with E-state index in [1.54, 1.807) is 30.5 Å². The first kappa shape index (κ1) is 21.4. The lowest BCUT2D eigenvalue weighted by molar-refractivity contribution is -0.137. The molecule has 11 heteroatoms. The van der Waals surface area contributed by atoms with E-state index in [0.29, 0.717) is 11.2 Å². The summed E-state index contributed by atoms with van der Waals surface area (Å²) in [4.78, 5) is 28.6. The van der Waals surface area contributed by atoms with Gasteiger partial charge in [0.15, 0.2) is 5.58 Å². The van der Waals surface area contributed by atoms with Crippen molar-refractivity contribution >= 4 is 40.1 Å². The Kier molecular flexibility index (Phi) is 5.62. The fourth-order valence-electron chi connectivity index (χ4n) is 3.06. The van der Waals surface area contributed by atoms with E-state index in [4.69, 9.17) is 16.0 Å². The molecule has 0 radical (unpaired) electrons. The topological polar surface area (TPSA) is 89.2 Å². The molecule has 0 spiro atoms. The van der Waals surface area contributed by atoms with Gasteiger partial charge in [-0.25, -0.2) is 9.59 Å². The van der Waals surface area contributed by atoms with Crippen molar-refractivity contribution in [2.24, 2.45) is 0 Å². The second kappa shape index (κ2) is 8.39. The number of carbonyl (C=O) groups excluding carboxylic acids is 1. The van der Waals surface area contributed by atoms with Crippen LogP contribution in [0.5, 0.6) is 0 Å². The Morgan fingerprint density at radius 1 is 1.06 bits per heavy atom. The van der Waals surface area contributed by atoms with Gasteiger partial charge in [0.2, 0.25) is 0 Å². The first-order chi connectivity index (χ1) is 15.2. The number of hydrogen-bond donors (Lipinski definition) is 2. The predicted octanol–water partition coefficient (Wildman–Crippen LogP) is 5.35. The van der Waals surface area contributed by atoms with Crippen LogP contribution in [-0.2, 0) is 12.7 Å². The Bertz CT molecular complexity index is 1350. The summed E-state index contributed by atoms with van der Waals surface area (Å²) < 4.78 is 45.6. The number of urea groups is 1. The smallest absolute Gasteiger partial charge is 0.408 e. The van der Waals surface area contributed by atoms with Crippen molar-refractivity contribution in [2.45, 2.75) is 12.7 Å². The maximum Gasteiger partial charge on any atom is 0.420 e. The number of pyridine rings is 1. The zero-order valence-electron chi connectivity index (χ0n) is 16.1. The van der Waals surface area contributed by atoms with Crippen molar-refractivity contribution in [3.63, 3.8) is 0 Å². The fraction of sp³-hybridized carbons (Fsp3) is 0.0952. The summed E-state index contributed by atoms with van der Waals surface area (Å²) in [5.41, 5.74) is 0.523. The summed E-state index contributed by atoms with van der Waals surface area (Å²) >= 11 is 5.58. The number of aromatic nitrogens is 2. The van der Waals surface area contributed by atoms with Gasteiger partial charge in [-0.05, 0) is 42.5 Å². The van der Waals surface area contributed by atoms with E-state index in [1.807, 2.05) is 0 Å². The highest BCUT2D eigenvalue weighted by molar-refractivity contribution is 6.31. The number of anilines is 2. The van der Waals surface area contributed by atoms with Crippen LogP contribution >= 0.6 is 11.6 Å². The maximum absolute atomic E-state index is 13.0. The van der Waals surface area contributed by atoms with Crippen molar-refractivity contribution in [3.8, 4) is 0 Å². The number of oxazole rings is 1. The second-order valence-electron chi connectivity index (χ2n) is 6.73. The summed E-state index contributed by atoms with van der Waals surface area (Å²) in [6, 6.07) is 12.1. The third kappa shape index (κ3) is 4.59. The highest BCUT2D eigenvalue weighted by Gasteiger charge is 2.33. The molecule has 0 atom stereocenters. The standard InChI is InChI=1S/C21H14ClF3N4O3/c22-16-6-4-12(9-15(16)21(23,24)25)27-19(30)28-13-5-7-17-18(10-13)32-20(31)29(17)11-14-3-1-2-8-26-14/h1-10H,11H2,(H2,27,28,30). The third-order valence-corrected chi connectivity index (χ3v) is 4.83. The maximum atomic E-state index is 13.0. The predicted molar refractivity (Wildman–Crippen MR) is 113 cm³/mol. The normalized spacial score (nSPS) is 11.5. The van der Waals surface area contributed by atoms with Gasteiger partial charge in [-0.1, -0.05) is 17.7 Å². The average Bonchev–Trinajstić information content (AvgIpc) is 3.03. The number of amides is 2. The van der Waals surface area contributed by atoms with Gasteiger partial charge in [0.1, 0.15) is 0 Å². The Morgan fingerprint density at radius 3 is 2.47 bits per heavy atom. The molecule has 2 aromatic heterocycles. The average molecular weight is 463 g/mol. The molecule has 0 aliphatic heterocycles. The van der Waals surface area contributed by atoms with Crippen molar-refractivity contribution in [1.82, 2.24) is 9.55 Å². The SMILES string of the molecule is O=C(Nc1ccc(Cl)c(C(F)(F)F)c1)Nc1ccc2c(c1)oc(=O)n2Cc1ccccn1. The highest BCUT2D eigenvalue weighted by Crippen LogP contribution is 2.36. The van der Waals surface area contributed by atoms with Crippen LogP contribution < -0.4 is 16.4 Å². The van der Waals surface area contributed by atoms with Crippen molar-refractivity contribution in [1.29, 1.82) is 0 Å². The minimum atomic E-state index is -4.66. The van der Waals surface area contributed by atoms with Gasteiger partial charge in [-0.3, -0.25) is 9.55 Å². The molecule has 4 rings (SSSR count). The Hall–Kier alpha value is -3.79. The fourth-order valence-corrected chi connectivity index (χ4v) is 3.29. The van der Waals surface area contributed by atoms with Gasteiger partial charge in [-0.2, -0.15) is 13.2 Å². The van der Waals surface area contributed by atoms with Gasteiger partial charge < -0.3 is 15.1 Å². The molecule has 0 aliphatic carbocycles. The molecule has 0 aliphatic rings. The molecule has 2 amide bonds. The van der Waals surface area contributed by atoms with Crippen LogP contribution in [0.3, 0.4) is 0 Å². The summed E-state index contributed by atoms with van der Waals surface area (Å²) in [7, 11) is 0. The summed E-state index contributed by atoms with van der Waals surface area (Å²) in [6.45, 7) is 0.206. The van der Waals surface area contributed by atoms with E-state index in [1.165, 1.54) is 22.8 Å². The van der Waals surface area contributed by atoms with E-state index < -0.39 is 28.5 Å². The summed E-state index contributed by atoms with van der Waals surface area (Å²) in [5.74, 6) is -0.590. The van der Waals surface area contributed by atoms with Crippen molar-refractivity contribution < 1.29 is 22.4 Å². The number of carbonyl (C=O) groups is 1. The first-order valence-corrected chi connectivity index (χ1v) is 9.56. The number of nitrogens with one attached hydrogen (secondary N) is 2. The molecule has 164 valence electrons. The number of rotatable bonds is 4. The van der Waals surface area contributed by atoms with Gasteiger partial charge in [0.25, 0.3) is 0 Å². The number of benzene rings is 2. The van der Waals surface area contributed by atoms with Crippen molar-refractivity contribution in [3.05, 3.63) is 87.6 Å². The van der Waals surface area contributed by atoms with E-state index in [2.05, 4.69) is 15.6 Å². The molecule has 2 N–H and O–H groups in total. The molecule has 0 saturated carbocycles. The molecule has 0 fully saturated rings. The van der Waals surface area contributed by atoms with Crippen LogP contribution in [0.2, 0.25) is 5.02 Å². The van der Waals surface area contributed by atoms with Crippen LogP contribution in [0.25, 0.3) is 11.1 Å². The molecule has 0 saturated heterocycles. The van der Waals surface area contributed by atoms with Gasteiger partial charge in [0, 0.05) is 23.6 Å². The molecule has 0 bridgehead atoms. The van der Waals surface area contributed by atoms with Gasteiger partial charge in [-0.15, -0.1) is 0 Å². The Morgan fingerprint density at radius 2 is 1.78 bits per heavy atom. The number of alkyl halides is 3. The molecule has 2 heterocycles. The van der Waals surface area contributed by atoms with E-state index in [-0.39, 0.29) is 23.5 Å². The Labute approximate surface area is 183 Å². The lowest BCUT2D eigenvalue weighted by Gasteiger charge is -2.12. The van der Waals surface area contributed by atoms with Crippen LogP contribution in [0, 0.1) is 0 Å². The van der Waals surface area contributed by atoms with Crippen LogP contribution in [-0.4, -0.2) is 15.6 Å². The largest absolute Gasteiger partial charge is 0.420 e. The molecule has 4 aromatic rings. The highest BCUT2D eigenvalue weighted by atomic mass is 35.5. The monoisotopic (exact) mass is 462 g/mol.